The van der Waals surface area contributed by atoms with Gasteiger partial charge in [-0.05, 0) is 31.5 Å². The molecule has 1 aromatic carbocycles. The molecule has 1 aromatic heterocycles. The molecule has 0 aliphatic carbocycles. The Morgan fingerprint density at radius 2 is 2.07 bits per heavy atom. The first-order chi connectivity index (χ1) is 7.09. The number of halogens is 1. The minimum absolute atomic E-state index is 0.379. The van der Waals surface area contributed by atoms with Crippen LogP contribution in [0.5, 0.6) is 0 Å². The van der Waals surface area contributed by atoms with Crippen LogP contribution in [0, 0.1) is 13.8 Å². The standard InChI is InChI=1S/C11H11BrN2O/c1-6-3-4-8(12)5-9(6)10-7(2)11(13)15-14-10/h3-5H,13H2,1-2H3. The predicted octanol–water partition coefficient (Wildman–Crippen LogP) is 3.30. The van der Waals surface area contributed by atoms with E-state index in [4.69, 9.17) is 10.3 Å². The molecule has 1 heterocycles. The van der Waals surface area contributed by atoms with E-state index in [0.29, 0.717) is 5.88 Å². The van der Waals surface area contributed by atoms with Crippen molar-refractivity contribution in [2.24, 2.45) is 0 Å². The molecule has 2 aromatic rings. The molecule has 2 N–H and O–H groups in total. The lowest BCUT2D eigenvalue weighted by molar-refractivity contribution is 0.439. The first-order valence-corrected chi connectivity index (χ1v) is 5.37. The Morgan fingerprint density at radius 1 is 1.33 bits per heavy atom. The second kappa shape index (κ2) is 3.70. The summed E-state index contributed by atoms with van der Waals surface area (Å²) in [5, 5.41) is 3.97. The number of anilines is 1. The zero-order valence-electron chi connectivity index (χ0n) is 8.54. The second-order valence-corrected chi connectivity index (χ2v) is 4.40. The van der Waals surface area contributed by atoms with Crippen molar-refractivity contribution in [3.63, 3.8) is 0 Å². The zero-order chi connectivity index (χ0) is 11.0. The van der Waals surface area contributed by atoms with Crippen molar-refractivity contribution < 1.29 is 4.52 Å². The summed E-state index contributed by atoms with van der Waals surface area (Å²) in [5.41, 5.74) is 9.51. The number of hydrogen-bond acceptors (Lipinski definition) is 3. The van der Waals surface area contributed by atoms with E-state index in [9.17, 15) is 0 Å². The highest BCUT2D eigenvalue weighted by atomic mass is 79.9. The van der Waals surface area contributed by atoms with Crippen molar-refractivity contribution >= 4 is 21.8 Å². The average Bonchev–Trinajstić information content (AvgIpc) is 2.52. The summed E-state index contributed by atoms with van der Waals surface area (Å²) in [4.78, 5) is 0. The van der Waals surface area contributed by atoms with E-state index in [2.05, 4.69) is 21.1 Å². The van der Waals surface area contributed by atoms with Crippen LogP contribution < -0.4 is 5.73 Å². The molecular formula is C11H11BrN2O. The molecular weight excluding hydrogens is 256 g/mol. The van der Waals surface area contributed by atoms with Gasteiger partial charge in [0.05, 0.1) is 0 Å². The fourth-order valence-corrected chi connectivity index (χ4v) is 1.81. The Bertz CT molecular complexity index is 505. The van der Waals surface area contributed by atoms with Gasteiger partial charge >= 0.3 is 0 Å². The summed E-state index contributed by atoms with van der Waals surface area (Å²) in [6, 6.07) is 6.04. The summed E-state index contributed by atoms with van der Waals surface area (Å²) in [6.45, 7) is 3.94. The lowest BCUT2D eigenvalue weighted by Gasteiger charge is -2.03. The molecule has 0 amide bonds. The summed E-state index contributed by atoms with van der Waals surface area (Å²) in [6.07, 6.45) is 0. The maximum absolute atomic E-state index is 5.63. The van der Waals surface area contributed by atoms with Crippen LogP contribution >= 0.6 is 15.9 Å². The number of benzene rings is 1. The van der Waals surface area contributed by atoms with Crippen molar-refractivity contribution in [3.05, 3.63) is 33.8 Å². The number of rotatable bonds is 1. The predicted molar refractivity (Wildman–Crippen MR) is 63.5 cm³/mol. The molecule has 0 saturated carbocycles. The van der Waals surface area contributed by atoms with Crippen LogP contribution in [-0.2, 0) is 0 Å². The van der Waals surface area contributed by atoms with Gasteiger partial charge in [-0.25, -0.2) is 0 Å². The van der Waals surface area contributed by atoms with Gasteiger partial charge in [0.2, 0.25) is 5.88 Å². The third-order valence-electron chi connectivity index (χ3n) is 2.41. The molecule has 0 radical (unpaired) electrons. The molecule has 3 nitrogen and oxygen atoms in total. The number of nitrogens with zero attached hydrogens (tertiary/aromatic N) is 1. The second-order valence-electron chi connectivity index (χ2n) is 3.48. The third-order valence-corrected chi connectivity index (χ3v) is 2.91. The van der Waals surface area contributed by atoms with Crippen LogP contribution in [0.3, 0.4) is 0 Å². The minimum Gasteiger partial charge on any atom is -0.367 e. The molecule has 0 spiro atoms. The van der Waals surface area contributed by atoms with Crippen LogP contribution in [0.1, 0.15) is 11.1 Å². The van der Waals surface area contributed by atoms with Crippen molar-refractivity contribution in [1.82, 2.24) is 5.16 Å². The molecule has 15 heavy (non-hydrogen) atoms. The lowest BCUT2D eigenvalue weighted by Crippen LogP contribution is -1.87. The van der Waals surface area contributed by atoms with Crippen LogP contribution in [0.15, 0.2) is 27.2 Å². The van der Waals surface area contributed by atoms with E-state index in [0.717, 1.165) is 26.9 Å². The molecule has 0 aliphatic rings. The van der Waals surface area contributed by atoms with Gasteiger partial charge in [-0.15, -0.1) is 0 Å². The van der Waals surface area contributed by atoms with Gasteiger partial charge < -0.3 is 10.3 Å². The molecule has 0 fully saturated rings. The van der Waals surface area contributed by atoms with Gasteiger partial charge in [0.15, 0.2) is 0 Å². The Morgan fingerprint density at radius 3 is 2.67 bits per heavy atom. The largest absolute Gasteiger partial charge is 0.367 e. The molecule has 0 aliphatic heterocycles. The van der Waals surface area contributed by atoms with Crippen LogP contribution in [-0.4, -0.2) is 5.16 Å². The van der Waals surface area contributed by atoms with E-state index in [1.807, 2.05) is 32.0 Å². The van der Waals surface area contributed by atoms with Crippen molar-refractivity contribution in [2.45, 2.75) is 13.8 Å². The lowest BCUT2D eigenvalue weighted by atomic mass is 10.0. The number of aromatic nitrogens is 1. The summed E-state index contributed by atoms with van der Waals surface area (Å²) in [5.74, 6) is 0.379. The highest BCUT2D eigenvalue weighted by Gasteiger charge is 2.13. The maximum Gasteiger partial charge on any atom is 0.225 e. The Balaban J connectivity index is 2.63. The molecule has 0 unspecified atom stereocenters. The van der Waals surface area contributed by atoms with Gasteiger partial charge in [-0.1, -0.05) is 27.2 Å². The first-order valence-electron chi connectivity index (χ1n) is 4.58. The van der Waals surface area contributed by atoms with Gasteiger partial charge in [0.25, 0.3) is 0 Å². The minimum atomic E-state index is 0.379. The fraction of sp³-hybridized carbons (Fsp3) is 0.182. The van der Waals surface area contributed by atoms with Gasteiger partial charge in [0, 0.05) is 15.6 Å². The van der Waals surface area contributed by atoms with E-state index in [1.165, 1.54) is 0 Å². The first kappa shape index (κ1) is 10.2. The van der Waals surface area contributed by atoms with E-state index in [-0.39, 0.29) is 0 Å². The van der Waals surface area contributed by atoms with E-state index >= 15 is 0 Å². The highest BCUT2D eigenvalue weighted by molar-refractivity contribution is 9.10. The average molecular weight is 267 g/mol. The monoisotopic (exact) mass is 266 g/mol. The molecule has 0 saturated heterocycles. The zero-order valence-corrected chi connectivity index (χ0v) is 10.1. The molecule has 78 valence electrons. The van der Waals surface area contributed by atoms with E-state index < -0.39 is 0 Å². The molecule has 0 bridgehead atoms. The van der Waals surface area contributed by atoms with Crippen molar-refractivity contribution in [2.75, 3.05) is 5.73 Å². The number of aryl methyl sites for hydroxylation is 1. The number of nitrogen functional groups attached to an aromatic ring is 1. The van der Waals surface area contributed by atoms with E-state index in [1.54, 1.807) is 0 Å². The Labute approximate surface area is 96.4 Å². The van der Waals surface area contributed by atoms with Crippen molar-refractivity contribution in [1.29, 1.82) is 0 Å². The topological polar surface area (TPSA) is 52.0 Å². The smallest absolute Gasteiger partial charge is 0.225 e. The Kier molecular flexibility index (Phi) is 2.52. The van der Waals surface area contributed by atoms with Gasteiger partial charge in [0.1, 0.15) is 5.69 Å². The van der Waals surface area contributed by atoms with Crippen LogP contribution in [0.4, 0.5) is 5.88 Å². The molecule has 4 heteroatoms. The van der Waals surface area contributed by atoms with Crippen molar-refractivity contribution in [3.8, 4) is 11.3 Å². The molecule has 2 rings (SSSR count). The number of nitrogens with two attached hydrogens (primary N) is 1. The summed E-state index contributed by atoms with van der Waals surface area (Å²) >= 11 is 3.44. The normalized spacial score (nSPS) is 10.6. The summed E-state index contributed by atoms with van der Waals surface area (Å²) in [7, 11) is 0. The van der Waals surface area contributed by atoms with Gasteiger partial charge in [-0.2, -0.15) is 0 Å². The third kappa shape index (κ3) is 1.77. The van der Waals surface area contributed by atoms with Crippen LogP contribution in [0.2, 0.25) is 0 Å². The fourth-order valence-electron chi connectivity index (χ4n) is 1.45. The maximum atomic E-state index is 5.63. The highest BCUT2D eigenvalue weighted by Crippen LogP contribution is 2.30. The van der Waals surface area contributed by atoms with Gasteiger partial charge in [-0.3, -0.25) is 0 Å². The van der Waals surface area contributed by atoms with Crippen LogP contribution in [0.25, 0.3) is 11.3 Å². The summed E-state index contributed by atoms with van der Waals surface area (Å²) < 4.78 is 5.97. The quantitative estimate of drug-likeness (QED) is 0.862. The molecule has 0 atom stereocenters. The SMILES string of the molecule is Cc1ccc(Br)cc1-c1noc(N)c1C. The Hall–Kier alpha value is -1.29. The number of hydrogen-bond donors (Lipinski definition) is 1.